The number of aromatic amines is 1. The quantitative estimate of drug-likeness (QED) is 0.666. The van der Waals surface area contributed by atoms with E-state index in [1.807, 2.05) is 38.2 Å². The van der Waals surface area contributed by atoms with Crippen molar-refractivity contribution in [2.24, 2.45) is 0 Å². The molecule has 0 radical (unpaired) electrons. The van der Waals surface area contributed by atoms with Crippen LogP contribution in [0.4, 0.5) is 0 Å². The maximum atomic E-state index is 12.7. The Bertz CT molecular complexity index is 1060. The van der Waals surface area contributed by atoms with Crippen LogP contribution in [0.1, 0.15) is 16.7 Å². The number of aryl methyl sites for hydroxylation is 2. The first-order valence-corrected chi connectivity index (χ1v) is 10.1. The molecule has 0 saturated heterocycles. The smallest absolute Gasteiger partial charge is 0.244 e. The Balaban J connectivity index is 1.77. The van der Waals surface area contributed by atoms with Gasteiger partial charge in [-0.3, -0.25) is 0 Å². The summed E-state index contributed by atoms with van der Waals surface area (Å²) >= 11 is 5.99. The number of aromatic nitrogens is 1. The summed E-state index contributed by atoms with van der Waals surface area (Å²) in [6, 6.07) is 9.00. The van der Waals surface area contributed by atoms with Gasteiger partial charge in [-0.2, -0.15) is 0 Å². The third-order valence-corrected chi connectivity index (χ3v) is 6.20. The number of hydrogen-bond acceptors (Lipinski definition) is 3. The van der Waals surface area contributed by atoms with Crippen molar-refractivity contribution in [3.05, 3.63) is 58.2 Å². The minimum atomic E-state index is -3.66. The summed E-state index contributed by atoms with van der Waals surface area (Å²) in [5.41, 5.74) is 3.86. The minimum Gasteiger partial charge on any atom is -0.495 e. The Morgan fingerprint density at radius 2 is 1.88 bits per heavy atom. The van der Waals surface area contributed by atoms with E-state index in [2.05, 4.69) is 9.71 Å². The van der Waals surface area contributed by atoms with E-state index >= 15 is 0 Å². The Labute approximate surface area is 158 Å². The fourth-order valence-electron chi connectivity index (χ4n) is 2.90. The van der Waals surface area contributed by atoms with Crippen LogP contribution in [0.5, 0.6) is 5.75 Å². The van der Waals surface area contributed by atoms with Gasteiger partial charge in [-0.25, -0.2) is 13.1 Å². The highest BCUT2D eigenvalue weighted by Gasteiger charge is 2.20. The zero-order valence-electron chi connectivity index (χ0n) is 14.9. The van der Waals surface area contributed by atoms with Crippen molar-refractivity contribution in [2.75, 3.05) is 13.7 Å². The van der Waals surface area contributed by atoms with Crippen LogP contribution in [0.15, 0.2) is 41.4 Å². The number of nitrogens with one attached hydrogen (secondary N) is 2. The molecule has 0 aliphatic heterocycles. The van der Waals surface area contributed by atoms with Gasteiger partial charge in [0.25, 0.3) is 0 Å². The van der Waals surface area contributed by atoms with E-state index < -0.39 is 10.0 Å². The molecule has 2 N–H and O–H groups in total. The van der Waals surface area contributed by atoms with Gasteiger partial charge in [-0.05, 0) is 61.2 Å². The molecule has 0 aliphatic rings. The van der Waals surface area contributed by atoms with E-state index in [1.54, 1.807) is 12.1 Å². The molecule has 3 rings (SSSR count). The number of benzene rings is 2. The van der Waals surface area contributed by atoms with Crippen molar-refractivity contribution in [3.8, 4) is 5.75 Å². The summed E-state index contributed by atoms with van der Waals surface area (Å²) in [4.78, 5) is 3.32. The average Bonchev–Trinajstić information content (AvgIpc) is 2.98. The second kappa shape index (κ2) is 7.31. The molecule has 0 fully saturated rings. The SMILES string of the molecule is COc1cc(C)c(C)cc1S(=O)(=O)NCCc1c[nH]c2cc(Cl)ccc12. The molecule has 0 unspecified atom stereocenters. The summed E-state index contributed by atoms with van der Waals surface area (Å²) in [7, 11) is -2.19. The summed E-state index contributed by atoms with van der Waals surface area (Å²) in [6.45, 7) is 4.09. The molecule has 5 nitrogen and oxygen atoms in total. The molecule has 26 heavy (non-hydrogen) atoms. The van der Waals surface area contributed by atoms with E-state index in [-0.39, 0.29) is 11.4 Å². The summed E-state index contributed by atoms with van der Waals surface area (Å²) in [6.07, 6.45) is 2.44. The van der Waals surface area contributed by atoms with Gasteiger partial charge in [-0.15, -0.1) is 0 Å². The van der Waals surface area contributed by atoms with Crippen LogP contribution < -0.4 is 9.46 Å². The van der Waals surface area contributed by atoms with Crippen LogP contribution in [0.2, 0.25) is 5.02 Å². The monoisotopic (exact) mass is 392 g/mol. The molecule has 0 amide bonds. The number of hydrogen-bond donors (Lipinski definition) is 2. The van der Waals surface area contributed by atoms with Gasteiger partial charge in [0.15, 0.2) is 0 Å². The highest BCUT2D eigenvalue weighted by atomic mass is 35.5. The molecule has 1 aromatic heterocycles. The number of ether oxygens (including phenoxy) is 1. The maximum Gasteiger partial charge on any atom is 0.244 e. The average molecular weight is 393 g/mol. The lowest BCUT2D eigenvalue weighted by Crippen LogP contribution is -2.26. The largest absolute Gasteiger partial charge is 0.495 e. The maximum absolute atomic E-state index is 12.7. The summed E-state index contributed by atoms with van der Waals surface area (Å²) in [5, 5.41) is 1.70. The molecule has 1 heterocycles. The van der Waals surface area contributed by atoms with Gasteiger partial charge in [0.2, 0.25) is 10.0 Å². The van der Waals surface area contributed by atoms with Crippen molar-refractivity contribution in [2.45, 2.75) is 25.2 Å². The number of fused-ring (bicyclic) bond motifs is 1. The molecule has 0 saturated carbocycles. The third-order valence-electron chi connectivity index (χ3n) is 4.49. The van der Waals surface area contributed by atoms with Crippen LogP contribution in [0.3, 0.4) is 0 Å². The first-order chi connectivity index (χ1) is 12.3. The Morgan fingerprint density at radius 3 is 2.62 bits per heavy atom. The highest BCUT2D eigenvalue weighted by Crippen LogP contribution is 2.27. The zero-order chi connectivity index (χ0) is 18.9. The summed E-state index contributed by atoms with van der Waals surface area (Å²) < 4.78 is 33.3. The minimum absolute atomic E-state index is 0.161. The second-order valence-electron chi connectivity index (χ2n) is 6.24. The van der Waals surface area contributed by atoms with E-state index in [1.165, 1.54) is 7.11 Å². The lowest BCUT2D eigenvalue weighted by Gasteiger charge is -2.13. The fourth-order valence-corrected chi connectivity index (χ4v) is 4.33. The van der Waals surface area contributed by atoms with Crippen molar-refractivity contribution < 1.29 is 13.2 Å². The number of H-pyrrole nitrogens is 1. The fraction of sp³-hybridized carbons (Fsp3) is 0.263. The van der Waals surface area contributed by atoms with Gasteiger partial charge >= 0.3 is 0 Å². The predicted molar refractivity (Wildman–Crippen MR) is 105 cm³/mol. The van der Waals surface area contributed by atoms with Crippen LogP contribution in [0, 0.1) is 13.8 Å². The Kier molecular flexibility index (Phi) is 5.27. The van der Waals surface area contributed by atoms with Gasteiger partial charge in [-0.1, -0.05) is 17.7 Å². The standard InChI is InChI=1S/C19H21ClN2O3S/c1-12-8-18(25-3)19(9-13(12)2)26(23,24)22-7-6-14-11-21-17-10-15(20)4-5-16(14)17/h4-5,8-11,21-22H,6-7H2,1-3H3. The lowest BCUT2D eigenvalue weighted by molar-refractivity contribution is 0.402. The first kappa shape index (κ1) is 18.8. The Hall–Kier alpha value is -2.02. The number of halogens is 1. The van der Waals surface area contributed by atoms with Gasteiger partial charge in [0.05, 0.1) is 7.11 Å². The molecular weight excluding hydrogens is 372 g/mol. The molecule has 0 spiro atoms. The van der Waals surface area contributed by atoms with Crippen molar-refractivity contribution in [1.82, 2.24) is 9.71 Å². The molecular formula is C19H21ClN2O3S. The topological polar surface area (TPSA) is 71.2 Å². The van der Waals surface area contributed by atoms with Crippen LogP contribution in [-0.4, -0.2) is 27.1 Å². The van der Waals surface area contributed by atoms with Gasteiger partial charge < -0.3 is 9.72 Å². The summed E-state index contributed by atoms with van der Waals surface area (Å²) in [5.74, 6) is 0.349. The molecule has 3 aromatic rings. The van der Waals surface area contributed by atoms with Gasteiger partial charge in [0.1, 0.15) is 10.6 Å². The van der Waals surface area contributed by atoms with E-state index in [9.17, 15) is 8.42 Å². The van der Waals surface area contributed by atoms with E-state index in [0.717, 1.165) is 27.6 Å². The molecule has 7 heteroatoms. The highest BCUT2D eigenvalue weighted by molar-refractivity contribution is 7.89. The van der Waals surface area contributed by atoms with Crippen LogP contribution in [0.25, 0.3) is 10.9 Å². The van der Waals surface area contributed by atoms with E-state index in [0.29, 0.717) is 17.2 Å². The Morgan fingerprint density at radius 1 is 1.15 bits per heavy atom. The number of rotatable bonds is 6. The first-order valence-electron chi connectivity index (χ1n) is 8.22. The lowest BCUT2D eigenvalue weighted by atomic mass is 10.1. The predicted octanol–water partition coefficient (Wildman–Crippen LogP) is 3.97. The van der Waals surface area contributed by atoms with Crippen molar-refractivity contribution >= 4 is 32.5 Å². The van der Waals surface area contributed by atoms with Gasteiger partial charge in [0, 0.05) is 28.7 Å². The van der Waals surface area contributed by atoms with Crippen LogP contribution in [-0.2, 0) is 16.4 Å². The molecule has 2 aromatic carbocycles. The molecule has 0 bridgehead atoms. The van der Waals surface area contributed by atoms with Crippen molar-refractivity contribution in [1.29, 1.82) is 0 Å². The zero-order valence-corrected chi connectivity index (χ0v) is 16.5. The number of sulfonamides is 1. The van der Waals surface area contributed by atoms with Crippen LogP contribution >= 0.6 is 11.6 Å². The normalized spacial score (nSPS) is 11.8. The molecule has 0 aliphatic carbocycles. The third kappa shape index (κ3) is 3.72. The second-order valence-corrected chi connectivity index (χ2v) is 8.41. The molecule has 138 valence electrons. The number of methoxy groups -OCH3 is 1. The van der Waals surface area contributed by atoms with Crippen molar-refractivity contribution in [3.63, 3.8) is 0 Å². The van der Waals surface area contributed by atoms with E-state index in [4.69, 9.17) is 16.3 Å². The molecule has 0 atom stereocenters.